The highest BCUT2D eigenvalue weighted by atomic mass is 32.1. The first-order valence-electron chi connectivity index (χ1n) is 10.1. The number of hydrogen-bond acceptors (Lipinski definition) is 4. The third kappa shape index (κ3) is 3.06. The van der Waals surface area contributed by atoms with Crippen LogP contribution in [0.1, 0.15) is 34.0 Å². The van der Waals surface area contributed by atoms with E-state index < -0.39 is 0 Å². The van der Waals surface area contributed by atoms with Gasteiger partial charge in [-0.15, -0.1) is 11.3 Å². The third-order valence-corrected chi connectivity index (χ3v) is 7.66. The average Bonchev–Trinajstić information content (AvgIpc) is 3.40. The van der Waals surface area contributed by atoms with E-state index in [9.17, 15) is 9.18 Å². The van der Waals surface area contributed by atoms with Crippen molar-refractivity contribution in [2.45, 2.75) is 18.9 Å². The fourth-order valence-corrected chi connectivity index (χ4v) is 6.23. The molecule has 1 aliphatic heterocycles. The van der Waals surface area contributed by atoms with Crippen molar-refractivity contribution in [3.63, 3.8) is 0 Å². The number of aryl methyl sites for hydroxylation is 1. The summed E-state index contributed by atoms with van der Waals surface area (Å²) >= 11 is 2.99. The van der Waals surface area contributed by atoms with Crippen LogP contribution < -0.4 is 14.9 Å². The average molecular weight is 445 g/mol. The maximum absolute atomic E-state index is 14.2. The number of benzene rings is 2. The Morgan fingerprint density at radius 3 is 2.81 bits per heavy atom. The van der Waals surface area contributed by atoms with Crippen molar-refractivity contribution < 1.29 is 4.39 Å². The number of halogens is 1. The lowest BCUT2D eigenvalue weighted by Gasteiger charge is -2.30. The normalized spacial score (nSPS) is 17.7. The summed E-state index contributed by atoms with van der Waals surface area (Å²) < 4.78 is 16.6. The fourth-order valence-electron chi connectivity index (χ4n) is 4.50. The summed E-state index contributed by atoms with van der Waals surface area (Å²) in [4.78, 5) is 20.2. The van der Waals surface area contributed by atoms with Crippen LogP contribution in [0.25, 0.3) is 11.8 Å². The second kappa shape index (κ2) is 7.25. The Morgan fingerprint density at radius 2 is 1.97 bits per heavy atom. The van der Waals surface area contributed by atoms with Crippen molar-refractivity contribution in [3.05, 3.63) is 119 Å². The van der Waals surface area contributed by atoms with Crippen LogP contribution in [-0.4, -0.2) is 4.57 Å². The van der Waals surface area contributed by atoms with Crippen molar-refractivity contribution in [2.24, 2.45) is 4.99 Å². The Labute approximate surface area is 185 Å². The van der Waals surface area contributed by atoms with E-state index in [-0.39, 0.29) is 17.4 Å². The van der Waals surface area contributed by atoms with Crippen LogP contribution in [0.3, 0.4) is 0 Å². The highest BCUT2D eigenvalue weighted by Gasteiger charge is 2.32. The number of rotatable bonds is 2. The summed E-state index contributed by atoms with van der Waals surface area (Å²) in [6.07, 6.45) is 3.61. The van der Waals surface area contributed by atoms with Crippen LogP contribution in [0.2, 0.25) is 0 Å². The Balaban J connectivity index is 1.66. The van der Waals surface area contributed by atoms with Gasteiger partial charge in [0.05, 0.1) is 16.3 Å². The van der Waals surface area contributed by atoms with Gasteiger partial charge >= 0.3 is 0 Å². The maximum Gasteiger partial charge on any atom is 0.271 e. The van der Waals surface area contributed by atoms with E-state index in [0.29, 0.717) is 9.33 Å². The highest BCUT2D eigenvalue weighted by Crippen LogP contribution is 2.41. The third-order valence-electron chi connectivity index (χ3n) is 5.85. The minimum absolute atomic E-state index is 0.0724. The van der Waals surface area contributed by atoms with Gasteiger partial charge in [-0.3, -0.25) is 9.36 Å². The van der Waals surface area contributed by atoms with Crippen molar-refractivity contribution in [3.8, 4) is 0 Å². The van der Waals surface area contributed by atoms with Gasteiger partial charge in [-0.05, 0) is 59.2 Å². The standard InChI is InChI=1S/C25H17FN2OS2/c26-17-7-3-6-16(13-17)23-20-11-10-15-5-1-2-9-19(15)22(20)27-25-28(23)24(29)21(31-25)14-18-8-4-12-30-18/h1-9,12-14,23H,10-11H2/b21-14+/t23-/m1/s1. The van der Waals surface area contributed by atoms with E-state index >= 15 is 0 Å². The van der Waals surface area contributed by atoms with E-state index in [4.69, 9.17) is 4.99 Å². The van der Waals surface area contributed by atoms with Gasteiger partial charge in [0.2, 0.25) is 0 Å². The van der Waals surface area contributed by atoms with Gasteiger partial charge in [0.15, 0.2) is 4.80 Å². The van der Waals surface area contributed by atoms with Gasteiger partial charge in [-0.1, -0.05) is 53.8 Å². The molecule has 152 valence electrons. The monoisotopic (exact) mass is 444 g/mol. The zero-order chi connectivity index (χ0) is 20.9. The van der Waals surface area contributed by atoms with E-state index in [0.717, 1.165) is 40.1 Å². The lowest BCUT2D eigenvalue weighted by molar-refractivity contribution is 0.574. The quantitative estimate of drug-likeness (QED) is 0.448. The summed E-state index contributed by atoms with van der Waals surface area (Å²) in [7, 11) is 0. The minimum atomic E-state index is -0.346. The summed E-state index contributed by atoms with van der Waals surface area (Å²) in [5.74, 6) is -0.298. The van der Waals surface area contributed by atoms with E-state index in [1.165, 1.54) is 29.0 Å². The topological polar surface area (TPSA) is 34.4 Å². The molecule has 0 saturated carbocycles. The SMILES string of the molecule is O=c1/c(=C\c2cccs2)sc2n1[C@H](c1cccc(F)c1)C1=C(N=2)c2ccccc2CC1. The van der Waals surface area contributed by atoms with Crippen LogP contribution in [0.5, 0.6) is 0 Å². The van der Waals surface area contributed by atoms with E-state index in [1.807, 2.05) is 41.8 Å². The summed E-state index contributed by atoms with van der Waals surface area (Å²) in [5.41, 5.74) is 5.10. The van der Waals surface area contributed by atoms with Gasteiger partial charge in [-0.25, -0.2) is 9.38 Å². The first-order valence-corrected chi connectivity index (χ1v) is 11.8. The van der Waals surface area contributed by atoms with E-state index in [1.54, 1.807) is 22.0 Å². The molecule has 3 heterocycles. The van der Waals surface area contributed by atoms with E-state index in [2.05, 4.69) is 12.1 Å². The molecule has 0 saturated heterocycles. The summed E-state index contributed by atoms with van der Waals surface area (Å²) in [6.45, 7) is 0. The first-order chi connectivity index (χ1) is 15.2. The van der Waals surface area contributed by atoms with Crippen LogP contribution in [0.4, 0.5) is 4.39 Å². The molecule has 2 aromatic heterocycles. The Bertz CT molecular complexity index is 1530. The molecule has 1 atom stereocenters. The largest absolute Gasteiger partial charge is 0.272 e. The molecule has 0 fully saturated rings. The van der Waals surface area contributed by atoms with Crippen LogP contribution in [0.15, 0.2) is 81.4 Å². The number of hydrogen-bond donors (Lipinski definition) is 0. The molecule has 0 bridgehead atoms. The number of thiazole rings is 1. The lowest BCUT2D eigenvalue weighted by Crippen LogP contribution is -2.38. The molecule has 2 aliphatic rings. The number of nitrogens with zero attached hydrogens (tertiary/aromatic N) is 2. The molecular formula is C25H17FN2OS2. The molecule has 6 rings (SSSR count). The molecule has 6 heteroatoms. The zero-order valence-corrected chi connectivity index (χ0v) is 18.0. The number of fused-ring (bicyclic) bond motifs is 3. The van der Waals surface area contributed by atoms with Crippen LogP contribution in [-0.2, 0) is 6.42 Å². The fraction of sp³-hybridized carbons (Fsp3) is 0.120. The minimum Gasteiger partial charge on any atom is -0.272 e. The molecule has 3 nitrogen and oxygen atoms in total. The highest BCUT2D eigenvalue weighted by molar-refractivity contribution is 7.11. The zero-order valence-electron chi connectivity index (χ0n) is 16.4. The summed E-state index contributed by atoms with van der Waals surface area (Å²) in [5, 5.41) is 1.99. The molecule has 0 unspecified atom stereocenters. The number of thiophene rings is 1. The Kier molecular flexibility index (Phi) is 4.37. The van der Waals surface area contributed by atoms with Crippen LogP contribution in [0, 0.1) is 5.82 Å². The molecule has 1 aliphatic carbocycles. The first kappa shape index (κ1) is 18.7. The molecule has 0 amide bonds. The second-order valence-corrected chi connectivity index (χ2v) is 9.67. The number of aromatic nitrogens is 1. The van der Waals surface area contributed by atoms with Crippen LogP contribution >= 0.6 is 22.7 Å². The van der Waals surface area contributed by atoms with Gasteiger partial charge in [0, 0.05) is 10.4 Å². The summed E-state index contributed by atoms with van der Waals surface area (Å²) in [6, 6.07) is 18.5. The van der Waals surface area contributed by atoms with Crippen molar-refractivity contribution in [1.29, 1.82) is 0 Å². The number of allylic oxidation sites excluding steroid dienone is 1. The van der Waals surface area contributed by atoms with Gasteiger partial charge < -0.3 is 0 Å². The molecular weight excluding hydrogens is 427 g/mol. The second-order valence-electron chi connectivity index (χ2n) is 7.68. The van der Waals surface area contributed by atoms with Crippen molar-refractivity contribution in [1.82, 2.24) is 4.57 Å². The van der Waals surface area contributed by atoms with Gasteiger partial charge in [-0.2, -0.15) is 0 Å². The molecule has 0 radical (unpaired) electrons. The predicted octanol–water partition coefficient (Wildman–Crippen LogP) is 4.52. The lowest BCUT2D eigenvalue weighted by atomic mass is 9.83. The maximum atomic E-state index is 14.2. The van der Waals surface area contributed by atoms with Crippen molar-refractivity contribution in [2.75, 3.05) is 0 Å². The van der Waals surface area contributed by atoms with Gasteiger partial charge in [0.25, 0.3) is 5.56 Å². The molecule has 0 N–H and O–H groups in total. The molecule has 31 heavy (non-hydrogen) atoms. The van der Waals surface area contributed by atoms with Crippen molar-refractivity contribution >= 4 is 34.4 Å². The predicted molar refractivity (Wildman–Crippen MR) is 123 cm³/mol. The Hall–Kier alpha value is -3.09. The Morgan fingerprint density at radius 1 is 1.06 bits per heavy atom. The smallest absolute Gasteiger partial charge is 0.271 e. The van der Waals surface area contributed by atoms with Gasteiger partial charge in [0.1, 0.15) is 5.82 Å². The molecule has 2 aromatic carbocycles. The molecule has 4 aromatic rings. The molecule has 0 spiro atoms.